The number of amides is 1. The van der Waals surface area contributed by atoms with Gasteiger partial charge >= 0.3 is 13.1 Å². The van der Waals surface area contributed by atoms with E-state index in [2.05, 4.69) is 5.32 Å². The summed E-state index contributed by atoms with van der Waals surface area (Å²) in [5, 5.41) is 2.79. The van der Waals surface area contributed by atoms with Crippen LogP contribution in [0.15, 0.2) is 17.6 Å². The smallest absolute Gasteiger partial charge is 0.462 e. The molecule has 0 aromatic carbocycles. The number of thiophene rings is 1. The Bertz CT molecular complexity index is 694. The summed E-state index contributed by atoms with van der Waals surface area (Å²) in [5.41, 5.74) is -0.159. The number of nitrogens with one attached hydrogen (secondary N) is 1. The highest BCUT2D eigenvalue weighted by molar-refractivity contribution is 7.14. The molecule has 1 amide bonds. The van der Waals surface area contributed by atoms with Gasteiger partial charge in [-0.1, -0.05) is 0 Å². The molecule has 0 spiro atoms. The molecule has 0 saturated carbocycles. The molecule has 6 nitrogen and oxygen atoms in total. The molecule has 1 aliphatic heterocycles. The van der Waals surface area contributed by atoms with Gasteiger partial charge in [0, 0.05) is 18.3 Å². The average Bonchev–Trinajstić information content (AvgIpc) is 3.06. The van der Waals surface area contributed by atoms with Gasteiger partial charge in [-0.3, -0.25) is 4.79 Å². The average molecular weight is 379 g/mol. The van der Waals surface area contributed by atoms with E-state index in [-0.39, 0.29) is 11.9 Å². The summed E-state index contributed by atoms with van der Waals surface area (Å²) < 4.78 is 17.2. The van der Waals surface area contributed by atoms with Crippen molar-refractivity contribution in [2.75, 3.05) is 13.2 Å². The number of hydrogen-bond donors (Lipinski definition) is 1. The number of carbonyl (C=O) groups is 2. The Morgan fingerprint density at radius 2 is 1.85 bits per heavy atom. The second kappa shape index (κ2) is 7.94. The lowest BCUT2D eigenvalue weighted by atomic mass is 9.77. The summed E-state index contributed by atoms with van der Waals surface area (Å²) in [4.78, 5) is 24.6. The molecule has 1 aromatic heterocycles. The van der Waals surface area contributed by atoms with E-state index in [9.17, 15) is 9.59 Å². The molecule has 0 radical (unpaired) electrons. The molecule has 0 bridgehead atoms. The molecule has 1 aliphatic rings. The maximum atomic E-state index is 11.8. The quantitative estimate of drug-likeness (QED) is 0.608. The first-order valence-corrected chi connectivity index (χ1v) is 9.45. The van der Waals surface area contributed by atoms with Gasteiger partial charge in [-0.15, -0.1) is 11.3 Å². The van der Waals surface area contributed by atoms with Crippen LogP contribution in [0, 0.1) is 0 Å². The van der Waals surface area contributed by atoms with Crippen LogP contribution in [-0.2, 0) is 18.8 Å². The SMILES string of the molecule is CCOC(=O)c1ccc(C=C(CNC(C)=O)B2OC(C)(C)C(C)(C)O2)s1. The zero-order valence-electron chi connectivity index (χ0n) is 16.2. The first-order chi connectivity index (χ1) is 12.1. The second-order valence-corrected chi connectivity index (χ2v) is 8.26. The zero-order valence-corrected chi connectivity index (χ0v) is 17.0. The van der Waals surface area contributed by atoms with Gasteiger partial charge in [0.1, 0.15) is 4.88 Å². The number of carbonyl (C=O) groups excluding carboxylic acids is 2. The molecule has 1 N–H and O–H groups in total. The van der Waals surface area contributed by atoms with Crippen molar-refractivity contribution in [1.82, 2.24) is 5.32 Å². The molecule has 1 saturated heterocycles. The van der Waals surface area contributed by atoms with Crippen molar-refractivity contribution < 1.29 is 23.6 Å². The van der Waals surface area contributed by atoms with Crippen LogP contribution in [0.5, 0.6) is 0 Å². The summed E-state index contributed by atoms with van der Waals surface area (Å²) in [5.74, 6) is -0.470. The van der Waals surface area contributed by atoms with Gasteiger partial charge in [-0.2, -0.15) is 0 Å². The van der Waals surface area contributed by atoms with E-state index in [0.717, 1.165) is 10.3 Å². The predicted octanol–water partition coefficient (Wildman–Crippen LogP) is 3.08. The van der Waals surface area contributed by atoms with Gasteiger partial charge in [-0.25, -0.2) is 4.79 Å². The largest absolute Gasteiger partial charge is 0.492 e. The Hall–Kier alpha value is -1.64. The molecular weight excluding hydrogens is 353 g/mol. The lowest BCUT2D eigenvalue weighted by Crippen LogP contribution is -2.41. The van der Waals surface area contributed by atoms with Crippen LogP contribution in [0.2, 0.25) is 0 Å². The van der Waals surface area contributed by atoms with Crippen LogP contribution in [0.1, 0.15) is 56.1 Å². The molecule has 2 heterocycles. The van der Waals surface area contributed by atoms with Crippen molar-refractivity contribution in [2.24, 2.45) is 0 Å². The summed E-state index contributed by atoms with van der Waals surface area (Å²) in [7, 11) is -0.569. The second-order valence-electron chi connectivity index (χ2n) is 7.14. The molecule has 0 unspecified atom stereocenters. The van der Waals surface area contributed by atoms with E-state index in [1.54, 1.807) is 13.0 Å². The van der Waals surface area contributed by atoms with E-state index in [1.165, 1.54) is 18.3 Å². The Morgan fingerprint density at radius 3 is 2.38 bits per heavy atom. The molecule has 142 valence electrons. The first-order valence-electron chi connectivity index (χ1n) is 8.63. The van der Waals surface area contributed by atoms with Gasteiger partial charge in [-0.05, 0) is 58.3 Å². The highest BCUT2D eigenvalue weighted by Gasteiger charge is 2.52. The maximum absolute atomic E-state index is 11.8. The van der Waals surface area contributed by atoms with Crippen molar-refractivity contribution in [3.05, 3.63) is 27.4 Å². The van der Waals surface area contributed by atoms with Crippen LogP contribution in [-0.4, -0.2) is 43.3 Å². The Labute approximate surface area is 159 Å². The molecule has 2 rings (SSSR count). The molecule has 8 heteroatoms. The van der Waals surface area contributed by atoms with E-state index >= 15 is 0 Å². The molecule has 26 heavy (non-hydrogen) atoms. The fourth-order valence-corrected chi connectivity index (χ4v) is 3.23. The lowest BCUT2D eigenvalue weighted by molar-refractivity contribution is -0.118. The summed E-state index contributed by atoms with van der Waals surface area (Å²) in [6.07, 6.45) is 1.89. The summed E-state index contributed by atoms with van der Waals surface area (Å²) in [6.45, 7) is 11.8. The van der Waals surface area contributed by atoms with Crippen molar-refractivity contribution in [3.8, 4) is 0 Å². The van der Waals surface area contributed by atoms with Crippen LogP contribution in [0.3, 0.4) is 0 Å². The van der Waals surface area contributed by atoms with E-state index < -0.39 is 18.3 Å². The number of rotatable bonds is 6. The third-order valence-corrected chi connectivity index (χ3v) is 5.54. The van der Waals surface area contributed by atoms with E-state index in [4.69, 9.17) is 14.0 Å². The molecule has 0 aliphatic carbocycles. The zero-order chi connectivity index (χ0) is 19.5. The monoisotopic (exact) mass is 379 g/mol. The molecule has 0 atom stereocenters. The van der Waals surface area contributed by atoms with Crippen molar-refractivity contribution >= 4 is 36.4 Å². The number of esters is 1. The predicted molar refractivity (Wildman–Crippen MR) is 103 cm³/mol. The number of ether oxygens (including phenoxy) is 1. The normalized spacial score (nSPS) is 18.7. The van der Waals surface area contributed by atoms with Crippen LogP contribution >= 0.6 is 11.3 Å². The van der Waals surface area contributed by atoms with Gasteiger partial charge in [0.25, 0.3) is 0 Å². The van der Waals surface area contributed by atoms with Crippen molar-refractivity contribution in [3.63, 3.8) is 0 Å². The topological polar surface area (TPSA) is 73.9 Å². The highest BCUT2D eigenvalue weighted by atomic mass is 32.1. The number of hydrogen-bond acceptors (Lipinski definition) is 6. The van der Waals surface area contributed by atoms with Crippen molar-refractivity contribution in [1.29, 1.82) is 0 Å². The van der Waals surface area contributed by atoms with E-state index in [1.807, 2.05) is 39.8 Å². The van der Waals surface area contributed by atoms with Crippen LogP contribution in [0.4, 0.5) is 0 Å². The molecular formula is C18H26BNO5S. The van der Waals surface area contributed by atoms with Crippen molar-refractivity contribution in [2.45, 2.75) is 52.7 Å². The fourth-order valence-electron chi connectivity index (χ4n) is 2.35. The summed E-state index contributed by atoms with van der Waals surface area (Å²) in [6, 6.07) is 3.57. The summed E-state index contributed by atoms with van der Waals surface area (Å²) >= 11 is 1.33. The lowest BCUT2D eigenvalue weighted by Gasteiger charge is -2.32. The van der Waals surface area contributed by atoms with Gasteiger partial charge < -0.3 is 19.4 Å². The minimum atomic E-state index is -0.569. The fraction of sp³-hybridized carbons (Fsp3) is 0.556. The maximum Gasteiger partial charge on any atom is 0.492 e. The first kappa shape index (κ1) is 20.7. The Balaban J connectivity index is 2.26. The third kappa shape index (κ3) is 4.75. The minimum absolute atomic E-state index is 0.134. The highest BCUT2D eigenvalue weighted by Crippen LogP contribution is 2.39. The van der Waals surface area contributed by atoms with Gasteiger partial charge in [0.05, 0.1) is 17.8 Å². The minimum Gasteiger partial charge on any atom is -0.462 e. The van der Waals surface area contributed by atoms with Gasteiger partial charge in [0.2, 0.25) is 5.91 Å². The Morgan fingerprint density at radius 1 is 1.23 bits per heavy atom. The molecule has 1 aromatic rings. The van der Waals surface area contributed by atoms with Gasteiger partial charge in [0.15, 0.2) is 0 Å². The standard InChI is InChI=1S/C18H26BNO5S/c1-7-23-16(22)15-9-8-14(26-15)10-13(11-20-12(2)21)19-24-17(3,4)18(5,6)25-19/h8-10H,7,11H2,1-6H3,(H,20,21). The van der Waals surface area contributed by atoms with Crippen LogP contribution in [0.25, 0.3) is 6.08 Å². The van der Waals surface area contributed by atoms with E-state index in [0.29, 0.717) is 18.0 Å². The Kier molecular flexibility index (Phi) is 6.31. The van der Waals surface area contributed by atoms with Crippen LogP contribution < -0.4 is 5.32 Å². The molecule has 1 fully saturated rings. The third-order valence-electron chi connectivity index (χ3n) is 4.53.